The second kappa shape index (κ2) is 6.00. The maximum atomic E-state index is 10.8. The average Bonchev–Trinajstić information content (AvgIpc) is 2.47. The van der Waals surface area contributed by atoms with Crippen LogP contribution in [0.3, 0.4) is 0 Å². The summed E-state index contributed by atoms with van der Waals surface area (Å²) in [5, 5.41) is 19.4. The van der Waals surface area contributed by atoms with Crippen LogP contribution in [-0.4, -0.2) is 28.0 Å². The number of hydrogen-bond donors (Lipinski definition) is 1. The highest BCUT2D eigenvalue weighted by molar-refractivity contribution is 5.87. The Morgan fingerprint density at radius 2 is 1.95 bits per heavy atom. The molecule has 0 unspecified atom stereocenters. The van der Waals surface area contributed by atoms with Crippen molar-refractivity contribution in [2.24, 2.45) is 0 Å². The number of nitro groups is 1. The van der Waals surface area contributed by atoms with Crippen LogP contribution in [0.15, 0.2) is 42.6 Å². The first-order chi connectivity index (χ1) is 9.97. The summed E-state index contributed by atoms with van der Waals surface area (Å²) in [7, 11) is 1.83. The minimum atomic E-state index is -0.963. The number of carboxylic acids is 1. The maximum Gasteiger partial charge on any atom is 0.363 e. The topological polar surface area (TPSA) is 96.6 Å². The van der Waals surface area contributed by atoms with Crippen LogP contribution in [0, 0.1) is 10.1 Å². The van der Waals surface area contributed by atoms with Crippen LogP contribution in [0.4, 0.5) is 11.5 Å². The Hall–Kier alpha value is -2.96. The summed E-state index contributed by atoms with van der Waals surface area (Å²) in [5.74, 6) is -1.16. The Bertz CT molecular complexity index is 653. The molecule has 0 aliphatic carbocycles. The number of hydrogen-bond acceptors (Lipinski definition) is 5. The summed E-state index contributed by atoms with van der Waals surface area (Å²) < 4.78 is 0. The van der Waals surface area contributed by atoms with Crippen molar-refractivity contribution < 1.29 is 14.8 Å². The van der Waals surface area contributed by atoms with Crippen LogP contribution in [0.2, 0.25) is 0 Å². The van der Waals surface area contributed by atoms with Gasteiger partial charge in [0.25, 0.3) is 0 Å². The molecule has 0 atom stereocenters. The summed E-state index contributed by atoms with van der Waals surface area (Å²) in [6.07, 6.45) is 1.43. The Kier molecular flexibility index (Phi) is 4.13. The van der Waals surface area contributed by atoms with Gasteiger partial charge in [-0.3, -0.25) is 0 Å². The molecule has 0 spiro atoms. The summed E-state index contributed by atoms with van der Waals surface area (Å²) >= 11 is 0. The van der Waals surface area contributed by atoms with Gasteiger partial charge in [0.2, 0.25) is 0 Å². The fraction of sp³-hybridized carbons (Fsp3) is 0.143. The van der Waals surface area contributed by atoms with Crippen molar-refractivity contribution in [1.29, 1.82) is 0 Å². The van der Waals surface area contributed by atoms with Crippen molar-refractivity contribution in [3.8, 4) is 0 Å². The Balaban J connectivity index is 2.08. The second-order valence-corrected chi connectivity index (χ2v) is 4.49. The Morgan fingerprint density at radius 1 is 1.29 bits per heavy atom. The largest absolute Gasteiger partial charge is 0.478 e. The summed E-state index contributed by atoms with van der Waals surface area (Å²) in [6, 6.07) is 9.52. The van der Waals surface area contributed by atoms with Gasteiger partial charge in [0.1, 0.15) is 0 Å². The molecule has 2 rings (SSSR count). The van der Waals surface area contributed by atoms with Crippen molar-refractivity contribution >= 4 is 17.5 Å². The van der Waals surface area contributed by atoms with Crippen LogP contribution >= 0.6 is 0 Å². The summed E-state index contributed by atoms with van der Waals surface area (Å²) in [5.41, 5.74) is 1.90. The third-order valence-corrected chi connectivity index (χ3v) is 2.98. The molecule has 0 aliphatic heterocycles. The van der Waals surface area contributed by atoms with Crippen LogP contribution < -0.4 is 4.90 Å². The average molecular weight is 287 g/mol. The predicted molar refractivity (Wildman–Crippen MR) is 76.4 cm³/mol. The lowest BCUT2D eigenvalue weighted by Crippen LogP contribution is -2.16. The van der Waals surface area contributed by atoms with Gasteiger partial charge >= 0.3 is 11.8 Å². The quantitative estimate of drug-likeness (QED) is 0.669. The van der Waals surface area contributed by atoms with E-state index >= 15 is 0 Å². The standard InChI is InChI=1S/C14H13N3O4/c1-16(12-6-7-13(15-8-12)17(20)21)9-10-2-4-11(5-3-10)14(18)19/h2-8H,9H2,1H3,(H,18,19). The van der Waals surface area contributed by atoms with E-state index < -0.39 is 10.9 Å². The molecular formula is C14H13N3O4. The molecule has 1 aromatic heterocycles. The van der Waals surface area contributed by atoms with E-state index in [0.29, 0.717) is 6.54 Å². The molecule has 7 nitrogen and oxygen atoms in total. The zero-order chi connectivity index (χ0) is 15.4. The molecule has 2 aromatic rings. The van der Waals surface area contributed by atoms with E-state index in [1.54, 1.807) is 30.3 Å². The third kappa shape index (κ3) is 3.53. The smallest absolute Gasteiger partial charge is 0.363 e. The number of anilines is 1. The third-order valence-electron chi connectivity index (χ3n) is 2.98. The number of aromatic carboxylic acids is 1. The first-order valence-corrected chi connectivity index (χ1v) is 6.11. The van der Waals surface area contributed by atoms with Gasteiger partial charge in [-0.05, 0) is 33.7 Å². The number of aromatic nitrogens is 1. The molecule has 0 saturated carbocycles. The van der Waals surface area contributed by atoms with E-state index in [1.807, 2.05) is 11.9 Å². The highest BCUT2D eigenvalue weighted by Gasteiger charge is 2.10. The molecule has 0 radical (unpaired) electrons. The van der Waals surface area contributed by atoms with Gasteiger partial charge in [-0.25, -0.2) is 4.79 Å². The van der Waals surface area contributed by atoms with E-state index in [2.05, 4.69) is 4.98 Å². The lowest BCUT2D eigenvalue weighted by molar-refractivity contribution is -0.389. The van der Waals surface area contributed by atoms with Gasteiger partial charge in [-0.1, -0.05) is 12.1 Å². The van der Waals surface area contributed by atoms with Gasteiger partial charge in [0.15, 0.2) is 6.20 Å². The molecule has 7 heteroatoms. The molecule has 1 heterocycles. The van der Waals surface area contributed by atoms with E-state index in [9.17, 15) is 14.9 Å². The van der Waals surface area contributed by atoms with Crippen LogP contribution in [0.1, 0.15) is 15.9 Å². The van der Waals surface area contributed by atoms with Gasteiger partial charge in [-0.15, -0.1) is 0 Å². The van der Waals surface area contributed by atoms with Gasteiger partial charge in [0, 0.05) is 19.7 Å². The summed E-state index contributed by atoms with van der Waals surface area (Å²) in [6.45, 7) is 0.541. The van der Waals surface area contributed by atoms with Gasteiger partial charge in [0.05, 0.1) is 11.3 Å². The van der Waals surface area contributed by atoms with Crippen LogP contribution in [0.25, 0.3) is 0 Å². The van der Waals surface area contributed by atoms with Crippen molar-refractivity contribution in [2.75, 3.05) is 11.9 Å². The van der Waals surface area contributed by atoms with Crippen LogP contribution in [0.5, 0.6) is 0 Å². The lowest BCUT2D eigenvalue weighted by Gasteiger charge is -2.17. The van der Waals surface area contributed by atoms with Gasteiger partial charge in [-0.2, -0.15) is 0 Å². The first kappa shape index (κ1) is 14.4. The second-order valence-electron chi connectivity index (χ2n) is 4.49. The Labute approximate surface area is 120 Å². The number of nitrogens with zero attached hydrogens (tertiary/aromatic N) is 3. The van der Waals surface area contributed by atoms with Crippen molar-refractivity contribution in [2.45, 2.75) is 6.54 Å². The number of carbonyl (C=O) groups is 1. The zero-order valence-corrected chi connectivity index (χ0v) is 11.3. The Morgan fingerprint density at radius 3 is 2.43 bits per heavy atom. The first-order valence-electron chi connectivity index (χ1n) is 6.11. The van der Waals surface area contributed by atoms with Crippen molar-refractivity contribution in [1.82, 2.24) is 4.98 Å². The number of pyridine rings is 1. The van der Waals surface area contributed by atoms with Crippen molar-refractivity contribution in [3.05, 3.63) is 63.8 Å². The van der Waals surface area contributed by atoms with E-state index in [-0.39, 0.29) is 11.4 Å². The molecule has 108 valence electrons. The van der Waals surface area contributed by atoms with E-state index in [0.717, 1.165) is 11.3 Å². The molecule has 0 aliphatic rings. The molecule has 0 bridgehead atoms. The molecular weight excluding hydrogens is 274 g/mol. The lowest BCUT2D eigenvalue weighted by atomic mass is 10.1. The predicted octanol–water partition coefficient (Wildman–Crippen LogP) is 2.32. The maximum absolute atomic E-state index is 10.8. The SMILES string of the molecule is CN(Cc1ccc(C(=O)O)cc1)c1ccc([N+](=O)[O-])nc1. The highest BCUT2D eigenvalue weighted by Crippen LogP contribution is 2.17. The summed E-state index contributed by atoms with van der Waals surface area (Å²) in [4.78, 5) is 26.4. The van der Waals surface area contributed by atoms with Gasteiger partial charge < -0.3 is 20.1 Å². The molecule has 0 fully saturated rings. The fourth-order valence-corrected chi connectivity index (χ4v) is 1.83. The molecule has 1 aromatic carbocycles. The minimum Gasteiger partial charge on any atom is -0.478 e. The molecule has 0 amide bonds. The van der Waals surface area contributed by atoms with E-state index in [4.69, 9.17) is 5.11 Å². The normalized spacial score (nSPS) is 10.1. The van der Waals surface area contributed by atoms with E-state index in [1.165, 1.54) is 12.3 Å². The highest BCUT2D eigenvalue weighted by atomic mass is 16.6. The fourth-order valence-electron chi connectivity index (χ4n) is 1.83. The molecule has 1 N–H and O–H groups in total. The number of carboxylic acid groups (broad SMARTS) is 1. The number of benzene rings is 1. The van der Waals surface area contributed by atoms with Crippen LogP contribution in [-0.2, 0) is 6.54 Å². The van der Waals surface area contributed by atoms with Crippen molar-refractivity contribution in [3.63, 3.8) is 0 Å². The number of rotatable bonds is 5. The molecule has 0 saturated heterocycles. The minimum absolute atomic E-state index is 0.196. The monoisotopic (exact) mass is 287 g/mol. The molecule has 21 heavy (non-hydrogen) atoms. The zero-order valence-electron chi connectivity index (χ0n) is 11.3.